The van der Waals surface area contributed by atoms with Crippen molar-refractivity contribution in [1.82, 2.24) is 4.90 Å². The van der Waals surface area contributed by atoms with Crippen LogP contribution in [0.1, 0.15) is 39.0 Å². The van der Waals surface area contributed by atoms with Crippen LogP contribution in [-0.2, 0) is 0 Å². The lowest BCUT2D eigenvalue weighted by Crippen LogP contribution is -2.41. The maximum atomic E-state index is 12.4. The molecule has 0 N–H and O–H groups in total. The van der Waals surface area contributed by atoms with E-state index in [4.69, 9.17) is 0 Å². The summed E-state index contributed by atoms with van der Waals surface area (Å²) >= 11 is 0. The number of halogens is 2. The standard InChI is InChI=1S/C11H19F2N/c1-9-2-3-11(8-9)4-6-14(7-5-11)10(12)13/h9-10H,2-8H2,1H3. The summed E-state index contributed by atoms with van der Waals surface area (Å²) in [6.07, 6.45) is 5.81. The molecule has 1 atom stereocenters. The molecule has 2 fully saturated rings. The number of hydrogen-bond acceptors (Lipinski definition) is 1. The molecular weight excluding hydrogens is 184 g/mol. The molecule has 1 saturated heterocycles. The van der Waals surface area contributed by atoms with Crippen LogP contribution < -0.4 is 0 Å². The van der Waals surface area contributed by atoms with E-state index in [0.29, 0.717) is 18.5 Å². The summed E-state index contributed by atoms with van der Waals surface area (Å²) in [4.78, 5) is 1.31. The minimum atomic E-state index is -2.24. The molecular formula is C11H19F2N. The molecule has 0 aromatic carbocycles. The van der Waals surface area contributed by atoms with Gasteiger partial charge in [0, 0.05) is 13.1 Å². The van der Waals surface area contributed by atoms with Crippen LogP contribution in [0.25, 0.3) is 0 Å². The first kappa shape index (κ1) is 10.3. The molecule has 1 aliphatic carbocycles. The van der Waals surface area contributed by atoms with Gasteiger partial charge in [0.1, 0.15) is 0 Å². The first-order chi connectivity index (χ1) is 6.61. The Morgan fingerprint density at radius 2 is 1.86 bits per heavy atom. The van der Waals surface area contributed by atoms with Crippen LogP contribution in [0.3, 0.4) is 0 Å². The Labute approximate surface area is 84.5 Å². The van der Waals surface area contributed by atoms with Crippen molar-refractivity contribution >= 4 is 0 Å². The number of nitrogens with zero attached hydrogens (tertiary/aromatic N) is 1. The third-order valence-corrected chi connectivity index (χ3v) is 4.08. The largest absolute Gasteiger partial charge is 0.294 e. The summed E-state index contributed by atoms with van der Waals surface area (Å²) in [7, 11) is 0. The molecule has 1 aliphatic heterocycles. The number of likely N-dealkylation sites (tertiary alicyclic amines) is 1. The molecule has 1 heterocycles. The van der Waals surface area contributed by atoms with Crippen molar-refractivity contribution in [2.75, 3.05) is 13.1 Å². The zero-order valence-corrected chi connectivity index (χ0v) is 8.81. The SMILES string of the molecule is CC1CCC2(CCN(C(F)F)CC2)C1. The highest BCUT2D eigenvalue weighted by Gasteiger charge is 2.40. The minimum Gasteiger partial charge on any atom is -0.247 e. The van der Waals surface area contributed by atoms with E-state index >= 15 is 0 Å². The number of hydrogen-bond donors (Lipinski definition) is 0. The first-order valence-corrected chi connectivity index (χ1v) is 5.64. The fourth-order valence-electron chi connectivity index (χ4n) is 3.14. The van der Waals surface area contributed by atoms with E-state index in [2.05, 4.69) is 6.92 Å². The third-order valence-electron chi connectivity index (χ3n) is 4.08. The Kier molecular flexibility index (Phi) is 2.78. The predicted molar refractivity (Wildman–Crippen MR) is 52.3 cm³/mol. The molecule has 1 nitrogen and oxygen atoms in total. The highest BCUT2D eigenvalue weighted by molar-refractivity contribution is 4.91. The predicted octanol–water partition coefficient (Wildman–Crippen LogP) is 3.11. The van der Waals surface area contributed by atoms with Gasteiger partial charge in [-0.2, -0.15) is 8.78 Å². The molecule has 1 saturated carbocycles. The molecule has 0 bridgehead atoms. The van der Waals surface area contributed by atoms with Crippen LogP contribution in [0.2, 0.25) is 0 Å². The lowest BCUT2D eigenvalue weighted by Gasteiger charge is -2.39. The molecule has 82 valence electrons. The lowest BCUT2D eigenvalue weighted by atomic mass is 9.76. The molecule has 14 heavy (non-hydrogen) atoms. The maximum Gasteiger partial charge on any atom is 0.294 e. The fraction of sp³-hybridized carbons (Fsp3) is 1.00. The second kappa shape index (κ2) is 3.76. The van der Waals surface area contributed by atoms with E-state index in [0.717, 1.165) is 18.8 Å². The number of rotatable bonds is 1. The van der Waals surface area contributed by atoms with Crippen molar-refractivity contribution in [2.45, 2.75) is 45.6 Å². The van der Waals surface area contributed by atoms with E-state index in [1.54, 1.807) is 0 Å². The second-order valence-electron chi connectivity index (χ2n) is 5.16. The van der Waals surface area contributed by atoms with E-state index in [9.17, 15) is 8.78 Å². The second-order valence-corrected chi connectivity index (χ2v) is 5.16. The van der Waals surface area contributed by atoms with Gasteiger partial charge in [-0.25, -0.2) is 4.90 Å². The van der Waals surface area contributed by atoms with Crippen LogP contribution in [0.15, 0.2) is 0 Å². The zero-order valence-electron chi connectivity index (χ0n) is 8.81. The van der Waals surface area contributed by atoms with E-state index in [-0.39, 0.29) is 0 Å². The van der Waals surface area contributed by atoms with Crippen LogP contribution in [-0.4, -0.2) is 24.5 Å². The Hall–Kier alpha value is -0.180. The summed E-state index contributed by atoms with van der Waals surface area (Å²) in [5.41, 5.74) is 0.435. The van der Waals surface area contributed by atoms with Gasteiger partial charge >= 0.3 is 0 Å². The van der Waals surface area contributed by atoms with Gasteiger partial charge in [0.2, 0.25) is 0 Å². The average Bonchev–Trinajstić information content (AvgIpc) is 2.48. The Bertz CT molecular complexity index is 197. The smallest absolute Gasteiger partial charge is 0.247 e. The van der Waals surface area contributed by atoms with Crippen molar-refractivity contribution in [3.05, 3.63) is 0 Å². The maximum absolute atomic E-state index is 12.4. The van der Waals surface area contributed by atoms with Gasteiger partial charge in [-0.3, -0.25) is 0 Å². The molecule has 0 radical (unpaired) electrons. The van der Waals surface area contributed by atoms with Crippen LogP contribution in [0.4, 0.5) is 8.78 Å². The molecule has 0 amide bonds. The van der Waals surface area contributed by atoms with Gasteiger partial charge in [0.05, 0.1) is 0 Å². The van der Waals surface area contributed by atoms with E-state index in [1.807, 2.05) is 0 Å². The molecule has 0 aromatic rings. The Morgan fingerprint density at radius 3 is 2.29 bits per heavy atom. The van der Waals surface area contributed by atoms with Gasteiger partial charge in [0.15, 0.2) is 0 Å². The molecule has 1 unspecified atom stereocenters. The van der Waals surface area contributed by atoms with Crippen molar-refractivity contribution in [2.24, 2.45) is 11.3 Å². The monoisotopic (exact) mass is 203 g/mol. The summed E-state index contributed by atoms with van der Waals surface area (Å²) in [5, 5.41) is 0. The van der Waals surface area contributed by atoms with E-state index in [1.165, 1.54) is 24.2 Å². The van der Waals surface area contributed by atoms with Crippen LogP contribution in [0.5, 0.6) is 0 Å². The zero-order chi connectivity index (χ0) is 10.2. The van der Waals surface area contributed by atoms with Gasteiger partial charge in [-0.1, -0.05) is 13.3 Å². The minimum absolute atomic E-state index is 0.435. The molecule has 0 aromatic heterocycles. The Morgan fingerprint density at radius 1 is 1.21 bits per heavy atom. The van der Waals surface area contributed by atoms with Gasteiger partial charge in [-0.05, 0) is 37.0 Å². The highest BCUT2D eigenvalue weighted by atomic mass is 19.3. The number of piperidine rings is 1. The van der Waals surface area contributed by atoms with Crippen molar-refractivity contribution in [1.29, 1.82) is 0 Å². The quantitative estimate of drug-likeness (QED) is 0.592. The third kappa shape index (κ3) is 1.92. The topological polar surface area (TPSA) is 3.24 Å². The Balaban J connectivity index is 1.89. The lowest BCUT2D eigenvalue weighted by molar-refractivity contribution is -0.0589. The van der Waals surface area contributed by atoms with Crippen molar-refractivity contribution < 1.29 is 8.78 Å². The average molecular weight is 203 g/mol. The van der Waals surface area contributed by atoms with Gasteiger partial charge in [-0.15, -0.1) is 0 Å². The highest BCUT2D eigenvalue weighted by Crippen LogP contribution is 2.48. The van der Waals surface area contributed by atoms with Gasteiger partial charge in [0.25, 0.3) is 6.55 Å². The van der Waals surface area contributed by atoms with Gasteiger partial charge < -0.3 is 0 Å². The summed E-state index contributed by atoms with van der Waals surface area (Å²) in [5.74, 6) is 0.813. The summed E-state index contributed by atoms with van der Waals surface area (Å²) in [6, 6.07) is 0. The molecule has 1 spiro atoms. The molecule has 3 heteroatoms. The summed E-state index contributed by atoms with van der Waals surface area (Å²) < 4.78 is 24.8. The molecule has 2 aliphatic rings. The van der Waals surface area contributed by atoms with Crippen LogP contribution in [0, 0.1) is 11.3 Å². The number of alkyl halides is 2. The summed E-state index contributed by atoms with van der Waals surface area (Å²) in [6.45, 7) is 1.24. The first-order valence-electron chi connectivity index (χ1n) is 5.64. The van der Waals surface area contributed by atoms with Crippen LogP contribution >= 0.6 is 0 Å². The molecule has 2 rings (SSSR count). The fourth-order valence-corrected chi connectivity index (χ4v) is 3.14. The van der Waals surface area contributed by atoms with Crippen molar-refractivity contribution in [3.63, 3.8) is 0 Å². The van der Waals surface area contributed by atoms with E-state index < -0.39 is 6.55 Å². The normalized spacial score (nSPS) is 33.0. The van der Waals surface area contributed by atoms with Crippen molar-refractivity contribution in [3.8, 4) is 0 Å².